The third-order valence-corrected chi connectivity index (χ3v) is 3.72. The monoisotopic (exact) mass is 237 g/mol. The predicted molar refractivity (Wildman–Crippen MR) is 67.7 cm³/mol. The van der Waals surface area contributed by atoms with Crippen molar-refractivity contribution < 1.29 is 5.11 Å². The molecule has 2 rings (SSSR count). The maximum absolute atomic E-state index is 9.33. The fraction of sp³-hybridized carbons (Fsp3) is 0.769. The first-order chi connectivity index (χ1) is 8.29. The fourth-order valence-electron chi connectivity index (χ4n) is 2.70. The van der Waals surface area contributed by atoms with Gasteiger partial charge in [0.05, 0.1) is 6.20 Å². The van der Waals surface area contributed by atoms with Gasteiger partial charge < -0.3 is 10.4 Å². The standard InChI is InChI=1S/C13H23N3O/c1-16-9-11(8-15-16)6-7-14-13-5-3-2-4-12(13)10-17/h8-9,12-14,17H,2-7,10H2,1H3. The number of hydrogen-bond acceptors (Lipinski definition) is 3. The third-order valence-electron chi connectivity index (χ3n) is 3.72. The van der Waals surface area contributed by atoms with Crippen LogP contribution in [-0.4, -0.2) is 34.1 Å². The molecule has 0 saturated heterocycles. The van der Waals surface area contributed by atoms with Crippen LogP contribution in [0, 0.1) is 5.92 Å². The van der Waals surface area contributed by atoms with Gasteiger partial charge in [0, 0.05) is 25.9 Å². The number of aryl methyl sites for hydroxylation is 1. The lowest BCUT2D eigenvalue weighted by molar-refractivity contribution is 0.153. The highest BCUT2D eigenvalue weighted by atomic mass is 16.3. The zero-order valence-electron chi connectivity index (χ0n) is 10.6. The summed E-state index contributed by atoms with van der Waals surface area (Å²) in [5, 5.41) is 17.1. The van der Waals surface area contributed by atoms with Crippen LogP contribution in [0.2, 0.25) is 0 Å². The van der Waals surface area contributed by atoms with E-state index in [1.54, 1.807) is 0 Å². The van der Waals surface area contributed by atoms with Crippen LogP contribution in [0.15, 0.2) is 12.4 Å². The summed E-state index contributed by atoms with van der Waals surface area (Å²) in [6.45, 7) is 1.30. The summed E-state index contributed by atoms with van der Waals surface area (Å²) in [4.78, 5) is 0. The maximum atomic E-state index is 9.33. The SMILES string of the molecule is Cn1cc(CCNC2CCCCC2CO)cn1. The first kappa shape index (κ1) is 12.6. The summed E-state index contributed by atoms with van der Waals surface area (Å²) in [5.41, 5.74) is 1.27. The van der Waals surface area contributed by atoms with Gasteiger partial charge in [-0.3, -0.25) is 4.68 Å². The Morgan fingerprint density at radius 2 is 2.29 bits per heavy atom. The van der Waals surface area contributed by atoms with E-state index in [1.807, 2.05) is 17.9 Å². The highest BCUT2D eigenvalue weighted by molar-refractivity contribution is 5.04. The van der Waals surface area contributed by atoms with Gasteiger partial charge in [0.25, 0.3) is 0 Å². The van der Waals surface area contributed by atoms with Crippen molar-refractivity contribution >= 4 is 0 Å². The lowest BCUT2D eigenvalue weighted by Gasteiger charge is -2.31. The Morgan fingerprint density at radius 3 is 3.00 bits per heavy atom. The largest absolute Gasteiger partial charge is 0.396 e. The Morgan fingerprint density at radius 1 is 1.47 bits per heavy atom. The van der Waals surface area contributed by atoms with E-state index in [0.29, 0.717) is 18.6 Å². The van der Waals surface area contributed by atoms with Crippen LogP contribution < -0.4 is 5.32 Å². The lowest BCUT2D eigenvalue weighted by atomic mass is 9.85. The molecule has 2 atom stereocenters. The van der Waals surface area contributed by atoms with Crippen molar-refractivity contribution in [1.82, 2.24) is 15.1 Å². The Hall–Kier alpha value is -0.870. The Balaban J connectivity index is 1.73. The van der Waals surface area contributed by atoms with Crippen molar-refractivity contribution in [1.29, 1.82) is 0 Å². The summed E-state index contributed by atoms with van der Waals surface area (Å²) in [6, 6.07) is 0.505. The second-order valence-corrected chi connectivity index (χ2v) is 5.06. The van der Waals surface area contributed by atoms with E-state index in [1.165, 1.54) is 31.2 Å². The number of nitrogens with zero attached hydrogens (tertiary/aromatic N) is 2. The van der Waals surface area contributed by atoms with E-state index in [4.69, 9.17) is 0 Å². The van der Waals surface area contributed by atoms with E-state index in [9.17, 15) is 5.11 Å². The molecule has 17 heavy (non-hydrogen) atoms. The number of nitrogens with one attached hydrogen (secondary N) is 1. The van der Waals surface area contributed by atoms with Crippen LogP contribution in [0.25, 0.3) is 0 Å². The average molecular weight is 237 g/mol. The molecule has 1 aliphatic carbocycles. The molecule has 96 valence electrons. The molecular weight excluding hydrogens is 214 g/mol. The molecule has 2 N–H and O–H groups in total. The summed E-state index contributed by atoms with van der Waals surface area (Å²) in [7, 11) is 1.94. The zero-order valence-corrected chi connectivity index (χ0v) is 10.6. The fourth-order valence-corrected chi connectivity index (χ4v) is 2.70. The quantitative estimate of drug-likeness (QED) is 0.806. The summed E-state index contributed by atoms with van der Waals surface area (Å²) in [5.74, 6) is 0.456. The molecule has 0 aromatic carbocycles. The lowest BCUT2D eigenvalue weighted by Crippen LogP contribution is -2.41. The van der Waals surface area contributed by atoms with E-state index < -0.39 is 0 Å². The second kappa shape index (κ2) is 6.17. The molecule has 0 aliphatic heterocycles. The number of hydrogen-bond donors (Lipinski definition) is 2. The van der Waals surface area contributed by atoms with Crippen molar-refractivity contribution in [3.05, 3.63) is 18.0 Å². The molecule has 1 fully saturated rings. The normalized spacial score (nSPS) is 25.1. The highest BCUT2D eigenvalue weighted by Gasteiger charge is 2.23. The molecule has 1 aliphatic rings. The minimum Gasteiger partial charge on any atom is -0.396 e. The molecule has 1 aromatic rings. The van der Waals surface area contributed by atoms with Crippen LogP contribution >= 0.6 is 0 Å². The van der Waals surface area contributed by atoms with Gasteiger partial charge in [-0.15, -0.1) is 0 Å². The summed E-state index contributed by atoms with van der Waals surface area (Å²) in [6.07, 6.45) is 9.94. The minimum absolute atomic E-state index is 0.324. The molecule has 0 amide bonds. The zero-order chi connectivity index (χ0) is 12.1. The van der Waals surface area contributed by atoms with Crippen LogP contribution in [0.4, 0.5) is 0 Å². The van der Waals surface area contributed by atoms with Gasteiger partial charge in [-0.25, -0.2) is 0 Å². The van der Waals surface area contributed by atoms with Crippen LogP contribution in [0.1, 0.15) is 31.2 Å². The first-order valence-corrected chi connectivity index (χ1v) is 6.61. The molecule has 1 heterocycles. The van der Waals surface area contributed by atoms with Gasteiger partial charge in [0.15, 0.2) is 0 Å². The molecule has 0 radical (unpaired) electrons. The van der Waals surface area contributed by atoms with Crippen LogP contribution in [0.3, 0.4) is 0 Å². The van der Waals surface area contributed by atoms with Crippen molar-refractivity contribution in [2.75, 3.05) is 13.2 Å². The van der Waals surface area contributed by atoms with E-state index >= 15 is 0 Å². The third kappa shape index (κ3) is 3.54. The minimum atomic E-state index is 0.324. The van der Waals surface area contributed by atoms with Crippen molar-refractivity contribution in [2.24, 2.45) is 13.0 Å². The Labute approximate surface area is 103 Å². The van der Waals surface area contributed by atoms with Gasteiger partial charge in [-0.05, 0) is 37.3 Å². The van der Waals surface area contributed by atoms with Gasteiger partial charge >= 0.3 is 0 Å². The molecule has 1 aromatic heterocycles. The van der Waals surface area contributed by atoms with E-state index in [-0.39, 0.29) is 0 Å². The molecule has 0 bridgehead atoms. The first-order valence-electron chi connectivity index (χ1n) is 6.61. The highest BCUT2D eigenvalue weighted by Crippen LogP contribution is 2.23. The van der Waals surface area contributed by atoms with Gasteiger partial charge in [0.1, 0.15) is 0 Å². The van der Waals surface area contributed by atoms with E-state index in [0.717, 1.165) is 13.0 Å². The molecule has 2 unspecified atom stereocenters. The summed E-state index contributed by atoms with van der Waals surface area (Å²) < 4.78 is 1.84. The molecule has 4 nitrogen and oxygen atoms in total. The number of aromatic nitrogens is 2. The Bertz CT molecular complexity index is 337. The second-order valence-electron chi connectivity index (χ2n) is 5.06. The summed E-state index contributed by atoms with van der Waals surface area (Å²) >= 11 is 0. The van der Waals surface area contributed by atoms with Crippen molar-refractivity contribution in [2.45, 2.75) is 38.1 Å². The molecule has 4 heteroatoms. The molecule has 1 saturated carbocycles. The van der Waals surface area contributed by atoms with Gasteiger partial charge in [-0.2, -0.15) is 5.10 Å². The number of rotatable bonds is 5. The number of aliphatic hydroxyl groups is 1. The van der Waals surface area contributed by atoms with Crippen molar-refractivity contribution in [3.8, 4) is 0 Å². The molecular formula is C13H23N3O. The smallest absolute Gasteiger partial charge is 0.0522 e. The molecule has 0 spiro atoms. The topological polar surface area (TPSA) is 50.1 Å². The van der Waals surface area contributed by atoms with Gasteiger partial charge in [-0.1, -0.05) is 12.8 Å². The van der Waals surface area contributed by atoms with Crippen LogP contribution in [-0.2, 0) is 13.5 Å². The van der Waals surface area contributed by atoms with Gasteiger partial charge in [0.2, 0.25) is 0 Å². The van der Waals surface area contributed by atoms with E-state index in [2.05, 4.69) is 16.6 Å². The average Bonchev–Trinajstić information content (AvgIpc) is 2.76. The van der Waals surface area contributed by atoms with Crippen molar-refractivity contribution in [3.63, 3.8) is 0 Å². The number of aliphatic hydroxyl groups excluding tert-OH is 1. The maximum Gasteiger partial charge on any atom is 0.0522 e. The van der Waals surface area contributed by atoms with Crippen LogP contribution in [0.5, 0.6) is 0 Å². The Kier molecular flexibility index (Phi) is 4.57. The predicted octanol–water partition coefficient (Wildman–Crippen LogP) is 1.10.